The molecule has 0 N–H and O–H groups in total. The third kappa shape index (κ3) is 30.2. The summed E-state index contributed by atoms with van der Waals surface area (Å²) in [5.74, 6) is 1.03. The predicted molar refractivity (Wildman–Crippen MR) is 176 cm³/mol. The molecule has 4 heteroatoms. The van der Waals surface area contributed by atoms with Crippen LogP contribution in [0.3, 0.4) is 0 Å². The van der Waals surface area contributed by atoms with Crippen LogP contribution in [0.4, 0.5) is 0 Å². The van der Waals surface area contributed by atoms with Gasteiger partial charge in [0.1, 0.15) is 0 Å². The molecule has 0 radical (unpaired) electrons. The minimum Gasteiger partial charge on any atom is -0.466 e. The van der Waals surface area contributed by atoms with Gasteiger partial charge in [0.05, 0.1) is 13.2 Å². The number of hydrogen-bond acceptors (Lipinski definition) is 4. The molecule has 0 saturated heterocycles. The number of carbonyl (C=O) groups is 2. The molecule has 0 aromatic rings. The third-order valence-corrected chi connectivity index (χ3v) is 8.60. The van der Waals surface area contributed by atoms with Gasteiger partial charge in [-0.3, -0.25) is 9.59 Å². The summed E-state index contributed by atoms with van der Waals surface area (Å²) in [5, 5.41) is 0. The van der Waals surface area contributed by atoms with Crippen molar-refractivity contribution in [3.8, 4) is 0 Å². The minimum atomic E-state index is 0.000851. The molecule has 0 aromatic heterocycles. The summed E-state index contributed by atoms with van der Waals surface area (Å²) in [5.41, 5.74) is 0. The van der Waals surface area contributed by atoms with E-state index in [4.69, 9.17) is 9.47 Å². The maximum atomic E-state index is 12.3. The Balaban J connectivity index is 3.45. The SMILES string of the molecule is CCCCCCCOC(=O)CCCCCCCCCCCCCCCCC(CC(=O)OCCCCCCC)C(C)C. The van der Waals surface area contributed by atoms with Crippen LogP contribution in [0.25, 0.3) is 0 Å². The number of carbonyl (C=O) groups excluding carboxylic acids is 2. The monoisotopic (exact) mass is 581 g/mol. The standard InChI is InChI=1S/C37H72O4/c1-5-7-9-23-27-31-40-36(38)30-26-22-20-18-16-14-12-11-13-15-17-19-21-25-29-35(34(3)4)33-37(39)41-32-28-24-10-8-6-2/h34-35H,5-33H2,1-4H3. The highest BCUT2D eigenvalue weighted by Crippen LogP contribution is 2.24. The fraction of sp³-hybridized carbons (Fsp3) is 0.946. The Hall–Kier alpha value is -1.06. The van der Waals surface area contributed by atoms with Gasteiger partial charge in [-0.05, 0) is 37.5 Å². The molecular weight excluding hydrogens is 508 g/mol. The summed E-state index contributed by atoms with van der Waals surface area (Å²) in [4.78, 5) is 24.0. The van der Waals surface area contributed by atoms with E-state index in [1.807, 2.05) is 0 Å². The molecule has 1 atom stereocenters. The third-order valence-electron chi connectivity index (χ3n) is 8.60. The molecule has 244 valence electrons. The Morgan fingerprint density at radius 3 is 1.27 bits per heavy atom. The van der Waals surface area contributed by atoms with E-state index in [0.717, 1.165) is 32.1 Å². The topological polar surface area (TPSA) is 52.6 Å². The average Bonchev–Trinajstić information content (AvgIpc) is 2.95. The van der Waals surface area contributed by atoms with Crippen LogP contribution in [0.1, 0.15) is 201 Å². The molecule has 0 fully saturated rings. The summed E-state index contributed by atoms with van der Waals surface area (Å²) in [6.45, 7) is 10.2. The maximum Gasteiger partial charge on any atom is 0.306 e. The van der Waals surface area contributed by atoms with Crippen LogP contribution in [0.15, 0.2) is 0 Å². The fourth-order valence-electron chi connectivity index (χ4n) is 5.60. The number of ether oxygens (including phenoxy) is 2. The molecule has 0 spiro atoms. The second-order valence-corrected chi connectivity index (χ2v) is 13.0. The van der Waals surface area contributed by atoms with Crippen molar-refractivity contribution in [3.63, 3.8) is 0 Å². The molecular formula is C37H72O4. The van der Waals surface area contributed by atoms with E-state index in [-0.39, 0.29) is 11.9 Å². The summed E-state index contributed by atoms with van der Waals surface area (Å²) in [7, 11) is 0. The van der Waals surface area contributed by atoms with Gasteiger partial charge in [0.2, 0.25) is 0 Å². The Morgan fingerprint density at radius 1 is 0.463 bits per heavy atom. The van der Waals surface area contributed by atoms with E-state index in [1.54, 1.807) is 0 Å². The minimum absolute atomic E-state index is 0.000851. The van der Waals surface area contributed by atoms with Gasteiger partial charge in [-0.25, -0.2) is 0 Å². The van der Waals surface area contributed by atoms with Gasteiger partial charge in [0.15, 0.2) is 0 Å². The van der Waals surface area contributed by atoms with Crippen LogP contribution in [-0.2, 0) is 19.1 Å². The van der Waals surface area contributed by atoms with E-state index < -0.39 is 0 Å². The van der Waals surface area contributed by atoms with Gasteiger partial charge in [-0.2, -0.15) is 0 Å². The van der Waals surface area contributed by atoms with Crippen molar-refractivity contribution in [3.05, 3.63) is 0 Å². The molecule has 1 unspecified atom stereocenters. The first-order chi connectivity index (χ1) is 20.0. The van der Waals surface area contributed by atoms with Gasteiger partial charge >= 0.3 is 11.9 Å². The van der Waals surface area contributed by atoms with E-state index >= 15 is 0 Å². The molecule has 0 aromatic carbocycles. The van der Waals surface area contributed by atoms with E-state index in [2.05, 4.69) is 27.7 Å². The molecule has 41 heavy (non-hydrogen) atoms. The van der Waals surface area contributed by atoms with Crippen LogP contribution in [0.5, 0.6) is 0 Å². The van der Waals surface area contributed by atoms with Gasteiger partial charge in [0, 0.05) is 12.8 Å². The molecule has 0 amide bonds. The average molecular weight is 581 g/mol. The smallest absolute Gasteiger partial charge is 0.306 e. The van der Waals surface area contributed by atoms with Crippen LogP contribution in [-0.4, -0.2) is 25.2 Å². The van der Waals surface area contributed by atoms with Crippen LogP contribution >= 0.6 is 0 Å². The molecule has 0 rings (SSSR count). The molecule has 0 aliphatic carbocycles. The molecule has 0 aliphatic rings. The Labute approximate surface area is 256 Å². The van der Waals surface area contributed by atoms with Crippen molar-refractivity contribution in [2.75, 3.05) is 13.2 Å². The summed E-state index contributed by atoms with van der Waals surface area (Å²) in [6.07, 6.45) is 32.5. The highest BCUT2D eigenvalue weighted by molar-refractivity contribution is 5.69. The zero-order valence-corrected chi connectivity index (χ0v) is 28.3. The summed E-state index contributed by atoms with van der Waals surface area (Å²) in [6, 6.07) is 0. The molecule has 0 heterocycles. The Morgan fingerprint density at radius 2 is 0.829 bits per heavy atom. The number of esters is 2. The normalized spacial score (nSPS) is 12.1. The van der Waals surface area contributed by atoms with Gasteiger partial charge in [0.25, 0.3) is 0 Å². The van der Waals surface area contributed by atoms with E-state index in [1.165, 1.54) is 128 Å². The Bertz CT molecular complexity index is 559. The first-order valence-corrected chi connectivity index (χ1v) is 18.3. The molecule has 0 aliphatic heterocycles. The van der Waals surface area contributed by atoms with Crippen molar-refractivity contribution in [1.29, 1.82) is 0 Å². The van der Waals surface area contributed by atoms with Crippen molar-refractivity contribution in [1.82, 2.24) is 0 Å². The van der Waals surface area contributed by atoms with Crippen LogP contribution < -0.4 is 0 Å². The zero-order chi connectivity index (χ0) is 30.2. The highest BCUT2D eigenvalue weighted by atomic mass is 16.5. The first-order valence-electron chi connectivity index (χ1n) is 18.3. The van der Waals surface area contributed by atoms with E-state index in [0.29, 0.717) is 37.9 Å². The number of unbranched alkanes of at least 4 members (excludes halogenated alkanes) is 21. The van der Waals surface area contributed by atoms with E-state index in [9.17, 15) is 9.59 Å². The fourth-order valence-corrected chi connectivity index (χ4v) is 5.60. The van der Waals surface area contributed by atoms with Crippen molar-refractivity contribution in [2.45, 2.75) is 201 Å². The van der Waals surface area contributed by atoms with Gasteiger partial charge in [-0.15, -0.1) is 0 Å². The lowest BCUT2D eigenvalue weighted by atomic mass is 9.87. The van der Waals surface area contributed by atoms with Gasteiger partial charge < -0.3 is 9.47 Å². The lowest BCUT2D eigenvalue weighted by molar-refractivity contribution is -0.145. The zero-order valence-electron chi connectivity index (χ0n) is 28.3. The quantitative estimate of drug-likeness (QED) is 0.0586. The van der Waals surface area contributed by atoms with Crippen molar-refractivity contribution in [2.24, 2.45) is 11.8 Å². The van der Waals surface area contributed by atoms with Crippen molar-refractivity contribution < 1.29 is 19.1 Å². The van der Waals surface area contributed by atoms with Crippen molar-refractivity contribution >= 4 is 11.9 Å². The summed E-state index contributed by atoms with van der Waals surface area (Å²) >= 11 is 0. The first kappa shape index (κ1) is 39.9. The second-order valence-electron chi connectivity index (χ2n) is 13.0. The number of hydrogen-bond donors (Lipinski definition) is 0. The van der Waals surface area contributed by atoms with Crippen LogP contribution in [0.2, 0.25) is 0 Å². The number of rotatable bonds is 32. The highest BCUT2D eigenvalue weighted by Gasteiger charge is 2.18. The second kappa shape index (κ2) is 31.9. The molecule has 4 nitrogen and oxygen atoms in total. The maximum absolute atomic E-state index is 12.3. The molecule has 0 bridgehead atoms. The van der Waals surface area contributed by atoms with Crippen LogP contribution in [0, 0.1) is 11.8 Å². The summed E-state index contributed by atoms with van der Waals surface area (Å²) < 4.78 is 10.8. The van der Waals surface area contributed by atoms with Gasteiger partial charge in [-0.1, -0.05) is 163 Å². The Kier molecular flexibility index (Phi) is 31.0. The largest absolute Gasteiger partial charge is 0.466 e. The predicted octanol–water partition coefficient (Wildman–Crippen LogP) is 11.9. The molecule has 0 saturated carbocycles. The lowest BCUT2D eigenvalue weighted by Crippen LogP contribution is -2.17. The lowest BCUT2D eigenvalue weighted by Gasteiger charge is -2.20.